The van der Waals surface area contributed by atoms with Gasteiger partial charge in [0.25, 0.3) is 0 Å². The van der Waals surface area contributed by atoms with Crippen molar-refractivity contribution in [1.82, 2.24) is 10.2 Å². The summed E-state index contributed by atoms with van der Waals surface area (Å²) in [4.78, 5) is 11.4. The summed E-state index contributed by atoms with van der Waals surface area (Å²) in [7, 11) is 0. The number of hydrogen-bond donors (Lipinski definition) is 0. The summed E-state index contributed by atoms with van der Waals surface area (Å²) in [5.41, 5.74) is 2.29. The van der Waals surface area contributed by atoms with E-state index in [1.165, 1.54) is 32.1 Å². The molecule has 0 aliphatic carbocycles. The van der Waals surface area contributed by atoms with E-state index in [4.69, 9.17) is 9.15 Å². The van der Waals surface area contributed by atoms with Crippen LogP contribution in [0.2, 0.25) is 0 Å². The molecule has 0 fully saturated rings. The normalized spacial score (nSPS) is 10.8. The Morgan fingerprint density at radius 1 is 0.828 bits per heavy atom. The lowest BCUT2D eigenvalue weighted by molar-refractivity contribution is 0.101. The largest absolute Gasteiger partial charge is 0.494 e. The molecule has 0 radical (unpaired) electrons. The molecule has 0 unspecified atom stereocenters. The van der Waals surface area contributed by atoms with Crippen LogP contribution in [0.15, 0.2) is 52.9 Å². The number of rotatable bonds is 11. The standard InChI is InChI=1S/C24H28N2O3/c1-3-4-5-6-7-8-17-28-22-15-13-21(14-16-22)24-26-25-23(29-24)20-11-9-19(10-12-20)18(2)27/h9-16H,3-8,17H2,1-2H3. The van der Waals surface area contributed by atoms with E-state index >= 15 is 0 Å². The minimum absolute atomic E-state index is 0.0292. The Balaban J connectivity index is 1.53. The van der Waals surface area contributed by atoms with Gasteiger partial charge in [0.1, 0.15) is 5.75 Å². The first-order chi connectivity index (χ1) is 14.2. The molecule has 0 aliphatic heterocycles. The lowest BCUT2D eigenvalue weighted by Gasteiger charge is -2.06. The third-order valence-electron chi connectivity index (χ3n) is 4.83. The molecule has 0 aliphatic rings. The van der Waals surface area contributed by atoms with E-state index in [0.717, 1.165) is 29.9 Å². The summed E-state index contributed by atoms with van der Waals surface area (Å²) in [6.07, 6.45) is 7.50. The number of aromatic nitrogens is 2. The first-order valence-electron chi connectivity index (χ1n) is 10.4. The Morgan fingerprint density at radius 2 is 1.38 bits per heavy atom. The smallest absolute Gasteiger partial charge is 0.248 e. The third-order valence-corrected chi connectivity index (χ3v) is 4.83. The molecule has 2 aromatic carbocycles. The highest BCUT2D eigenvalue weighted by atomic mass is 16.5. The molecular weight excluding hydrogens is 364 g/mol. The third kappa shape index (κ3) is 6.01. The van der Waals surface area contributed by atoms with Crippen LogP contribution < -0.4 is 4.74 Å². The topological polar surface area (TPSA) is 65.2 Å². The summed E-state index contributed by atoms with van der Waals surface area (Å²) in [6, 6.07) is 14.9. The number of unbranched alkanes of at least 4 members (excludes halogenated alkanes) is 5. The van der Waals surface area contributed by atoms with E-state index in [2.05, 4.69) is 17.1 Å². The molecule has 0 atom stereocenters. The van der Waals surface area contributed by atoms with Gasteiger partial charge in [0.2, 0.25) is 11.8 Å². The fourth-order valence-electron chi connectivity index (χ4n) is 3.07. The Kier molecular flexibility index (Phi) is 7.56. The molecule has 152 valence electrons. The number of benzene rings is 2. The van der Waals surface area contributed by atoms with Crippen molar-refractivity contribution >= 4 is 5.78 Å². The van der Waals surface area contributed by atoms with Crippen molar-refractivity contribution in [2.45, 2.75) is 52.4 Å². The molecule has 0 N–H and O–H groups in total. The van der Waals surface area contributed by atoms with E-state index in [9.17, 15) is 4.79 Å². The van der Waals surface area contributed by atoms with E-state index in [1.54, 1.807) is 19.1 Å². The van der Waals surface area contributed by atoms with Gasteiger partial charge in [0.15, 0.2) is 5.78 Å². The zero-order valence-corrected chi connectivity index (χ0v) is 17.2. The predicted molar refractivity (Wildman–Crippen MR) is 114 cm³/mol. The molecule has 3 aromatic rings. The van der Waals surface area contributed by atoms with Crippen LogP contribution in [0.1, 0.15) is 62.7 Å². The number of carbonyl (C=O) groups is 1. The Bertz CT molecular complexity index is 899. The maximum atomic E-state index is 11.4. The van der Waals surface area contributed by atoms with E-state index < -0.39 is 0 Å². The molecule has 29 heavy (non-hydrogen) atoms. The monoisotopic (exact) mass is 392 g/mol. The fraction of sp³-hybridized carbons (Fsp3) is 0.375. The Hall–Kier alpha value is -2.95. The molecule has 5 heteroatoms. The van der Waals surface area contributed by atoms with Crippen LogP contribution in [-0.2, 0) is 0 Å². The molecular formula is C24H28N2O3. The van der Waals surface area contributed by atoms with Gasteiger partial charge in [0, 0.05) is 16.7 Å². The van der Waals surface area contributed by atoms with Gasteiger partial charge in [-0.1, -0.05) is 51.2 Å². The molecule has 0 amide bonds. The fourth-order valence-corrected chi connectivity index (χ4v) is 3.07. The van der Waals surface area contributed by atoms with Crippen LogP contribution in [0.3, 0.4) is 0 Å². The number of Topliss-reactive ketones (excluding diaryl/α,β-unsaturated/α-hetero) is 1. The van der Waals surface area contributed by atoms with Gasteiger partial charge in [-0.2, -0.15) is 0 Å². The SMILES string of the molecule is CCCCCCCCOc1ccc(-c2nnc(-c3ccc(C(C)=O)cc3)o2)cc1. The van der Waals surface area contributed by atoms with E-state index in [1.807, 2.05) is 36.4 Å². The van der Waals surface area contributed by atoms with Crippen molar-refractivity contribution < 1.29 is 13.9 Å². The second-order valence-electron chi connectivity index (χ2n) is 7.19. The first kappa shape index (κ1) is 20.8. The lowest BCUT2D eigenvalue weighted by Crippen LogP contribution is -1.97. The average molecular weight is 392 g/mol. The van der Waals surface area contributed by atoms with Gasteiger partial charge >= 0.3 is 0 Å². The van der Waals surface area contributed by atoms with Crippen LogP contribution in [0.25, 0.3) is 22.9 Å². The summed E-state index contributed by atoms with van der Waals surface area (Å²) < 4.78 is 11.6. The van der Waals surface area contributed by atoms with Crippen molar-refractivity contribution in [3.05, 3.63) is 54.1 Å². The first-order valence-corrected chi connectivity index (χ1v) is 10.4. The second-order valence-corrected chi connectivity index (χ2v) is 7.19. The van der Waals surface area contributed by atoms with Crippen LogP contribution in [0.4, 0.5) is 0 Å². The van der Waals surface area contributed by atoms with Gasteiger partial charge in [-0.3, -0.25) is 4.79 Å². The summed E-state index contributed by atoms with van der Waals surface area (Å²) in [5.74, 6) is 1.76. The van der Waals surface area contributed by atoms with E-state index in [-0.39, 0.29) is 5.78 Å². The highest BCUT2D eigenvalue weighted by molar-refractivity contribution is 5.94. The predicted octanol–water partition coefficient (Wildman–Crippen LogP) is 6.35. The van der Waals surface area contributed by atoms with Crippen LogP contribution in [0.5, 0.6) is 5.75 Å². The van der Waals surface area contributed by atoms with Crippen LogP contribution in [0, 0.1) is 0 Å². The van der Waals surface area contributed by atoms with Crippen molar-refractivity contribution in [2.24, 2.45) is 0 Å². The quantitative estimate of drug-likeness (QED) is 0.281. The zero-order valence-electron chi connectivity index (χ0n) is 17.2. The Morgan fingerprint density at radius 3 is 1.97 bits per heavy atom. The van der Waals surface area contributed by atoms with Gasteiger partial charge in [-0.15, -0.1) is 10.2 Å². The zero-order chi connectivity index (χ0) is 20.5. The maximum Gasteiger partial charge on any atom is 0.248 e. The van der Waals surface area contributed by atoms with Gasteiger partial charge in [-0.05, 0) is 49.7 Å². The van der Waals surface area contributed by atoms with Crippen molar-refractivity contribution in [3.63, 3.8) is 0 Å². The molecule has 0 saturated carbocycles. The molecule has 0 spiro atoms. The van der Waals surface area contributed by atoms with Gasteiger partial charge < -0.3 is 9.15 Å². The van der Waals surface area contributed by atoms with Crippen molar-refractivity contribution in [3.8, 4) is 28.7 Å². The summed E-state index contributed by atoms with van der Waals surface area (Å²) in [5, 5.41) is 8.25. The van der Waals surface area contributed by atoms with Gasteiger partial charge in [-0.25, -0.2) is 0 Å². The highest BCUT2D eigenvalue weighted by Gasteiger charge is 2.11. The van der Waals surface area contributed by atoms with E-state index in [0.29, 0.717) is 17.3 Å². The second kappa shape index (κ2) is 10.6. The number of nitrogens with zero attached hydrogens (tertiary/aromatic N) is 2. The molecule has 0 saturated heterocycles. The average Bonchev–Trinajstić information content (AvgIpc) is 3.24. The lowest BCUT2D eigenvalue weighted by atomic mass is 10.1. The molecule has 1 aromatic heterocycles. The molecule has 1 heterocycles. The summed E-state index contributed by atoms with van der Waals surface area (Å²) >= 11 is 0. The summed E-state index contributed by atoms with van der Waals surface area (Å²) in [6.45, 7) is 4.52. The minimum atomic E-state index is 0.0292. The number of carbonyl (C=O) groups excluding carboxylic acids is 1. The molecule has 5 nitrogen and oxygen atoms in total. The van der Waals surface area contributed by atoms with Crippen LogP contribution >= 0.6 is 0 Å². The highest BCUT2D eigenvalue weighted by Crippen LogP contribution is 2.25. The van der Waals surface area contributed by atoms with Crippen molar-refractivity contribution in [2.75, 3.05) is 6.61 Å². The van der Waals surface area contributed by atoms with Gasteiger partial charge in [0.05, 0.1) is 6.61 Å². The number of hydrogen-bond acceptors (Lipinski definition) is 5. The number of ketones is 1. The minimum Gasteiger partial charge on any atom is -0.494 e. The number of ether oxygens (including phenoxy) is 1. The Labute approximate surface area is 172 Å². The maximum absolute atomic E-state index is 11.4. The molecule has 0 bridgehead atoms. The van der Waals surface area contributed by atoms with Crippen LogP contribution in [-0.4, -0.2) is 22.6 Å². The van der Waals surface area contributed by atoms with Crippen molar-refractivity contribution in [1.29, 1.82) is 0 Å². The molecule has 3 rings (SSSR count).